The predicted molar refractivity (Wildman–Crippen MR) is 73.0 cm³/mol. The van der Waals surface area contributed by atoms with Crippen molar-refractivity contribution in [2.24, 2.45) is 0 Å². The highest BCUT2D eigenvalue weighted by atomic mass is 19.1. The van der Waals surface area contributed by atoms with E-state index in [2.05, 4.69) is 5.32 Å². The van der Waals surface area contributed by atoms with Crippen LogP contribution in [-0.2, 0) is 6.54 Å². The van der Waals surface area contributed by atoms with E-state index in [0.717, 1.165) is 5.56 Å². The van der Waals surface area contributed by atoms with Crippen LogP contribution in [0, 0.1) is 24.1 Å². The molecule has 0 bridgehead atoms. The lowest BCUT2D eigenvalue weighted by molar-refractivity contribution is 0.403. The number of phenols is 2. The lowest BCUT2D eigenvalue weighted by Crippen LogP contribution is -2.03. The molecule has 0 saturated carbocycles. The lowest BCUT2D eigenvalue weighted by atomic mass is 10.1. The van der Waals surface area contributed by atoms with Gasteiger partial charge in [0.05, 0.1) is 11.6 Å². The Morgan fingerprint density at radius 1 is 1.20 bits per heavy atom. The van der Waals surface area contributed by atoms with Crippen molar-refractivity contribution in [1.29, 1.82) is 5.26 Å². The second-order valence-electron chi connectivity index (χ2n) is 4.42. The Kier molecular flexibility index (Phi) is 3.76. The van der Waals surface area contributed by atoms with E-state index in [1.807, 2.05) is 6.07 Å². The SMILES string of the molecule is Cc1c(F)cc(C#N)cc1NCc1ccc(O)c(O)c1. The summed E-state index contributed by atoms with van der Waals surface area (Å²) in [5, 5.41) is 30.5. The first-order chi connectivity index (χ1) is 9.51. The Hall–Kier alpha value is -2.74. The number of nitrogens with zero attached hydrogens (tertiary/aromatic N) is 1. The van der Waals surface area contributed by atoms with Gasteiger partial charge in [0.2, 0.25) is 0 Å². The van der Waals surface area contributed by atoms with Gasteiger partial charge < -0.3 is 15.5 Å². The van der Waals surface area contributed by atoms with Crippen LogP contribution in [-0.4, -0.2) is 10.2 Å². The van der Waals surface area contributed by atoms with Crippen LogP contribution in [0.3, 0.4) is 0 Å². The molecule has 0 heterocycles. The number of phenolic OH excluding ortho intramolecular Hbond substituents is 2. The maximum Gasteiger partial charge on any atom is 0.157 e. The maximum absolute atomic E-state index is 13.6. The van der Waals surface area contributed by atoms with Crippen molar-refractivity contribution in [2.75, 3.05) is 5.32 Å². The molecule has 0 spiro atoms. The Balaban J connectivity index is 2.20. The molecule has 102 valence electrons. The molecule has 0 aliphatic carbocycles. The maximum atomic E-state index is 13.6. The molecule has 2 aromatic rings. The smallest absolute Gasteiger partial charge is 0.157 e. The fraction of sp³-hybridized carbons (Fsp3) is 0.133. The standard InChI is InChI=1S/C15H13FN2O2/c1-9-12(16)4-11(7-17)5-13(9)18-8-10-2-3-14(19)15(20)6-10/h2-6,18-20H,8H2,1H3. The van der Waals surface area contributed by atoms with Crippen molar-refractivity contribution >= 4 is 5.69 Å². The summed E-state index contributed by atoms with van der Waals surface area (Å²) in [7, 11) is 0. The number of nitriles is 1. The topological polar surface area (TPSA) is 76.3 Å². The number of hydrogen-bond acceptors (Lipinski definition) is 4. The van der Waals surface area contributed by atoms with Crippen LogP contribution >= 0.6 is 0 Å². The van der Waals surface area contributed by atoms with E-state index in [0.29, 0.717) is 17.8 Å². The normalized spacial score (nSPS) is 10.1. The molecule has 0 radical (unpaired) electrons. The third-order valence-electron chi connectivity index (χ3n) is 3.00. The molecule has 3 N–H and O–H groups in total. The number of halogens is 1. The van der Waals surface area contributed by atoms with E-state index < -0.39 is 5.82 Å². The second-order valence-corrected chi connectivity index (χ2v) is 4.42. The number of aromatic hydroxyl groups is 2. The Labute approximate surface area is 115 Å². The zero-order valence-electron chi connectivity index (χ0n) is 10.8. The second kappa shape index (κ2) is 5.49. The Bertz CT molecular complexity index is 693. The van der Waals surface area contributed by atoms with Gasteiger partial charge in [-0.1, -0.05) is 6.07 Å². The Morgan fingerprint density at radius 2 is 1.95 bits per heavy atom. The number of benzene rings is 2. The van der Waals surface area contributed by atoms with Gasteiger partial charge in [-0.25, -0.2) is 4.39 Å². The van der Waals surface area contributed by atoms with E-state index in [4.69, 9.17) is 5.26 Å². The summed E-state index contributed by atoms with van der Waals surface area (Å²) in [6.45, 7) is 1.95. The van der Waals surface area contributed by atoms with Crippen LogP contribution in [0.1, 0.15) is 16.7 Å². The van der Waals surface area contributed by atoms with Crippen molar-refractivity contribution in [1.82, 2.24) is 0 Å². The zero-order valence-corrected chi connectivity index (χ0v) is 10.8. The minimum atomic E-state index is -0.444. The third-order valence-corrected chi connectivity index (χ3v) is 3.00. The predicted octanol–water partition coefficient (Wildman–Crippen LogP) is 3.03. The molecule has 0 aliphatic heterocycles. The van der Waals surface area contributed by atoms with Crippen molar-refractivity contribution in [3.05, 3.63) is 52.8 Å². The van der Waals surface area contributed by atoms with Gasteiger partial charge in [0.1, 0.15) is 5.82 Å². The fourth-order valence-corrected chi connectivity index (χ4v) is 1.80. The van der Waals surface area contributed by atoms with Gasteiger partial charge in [0.15, 0.2) is 11.5 Å². The quantitative estimate of drug-likeness (QED) is 0.751. The minimum Gasteiger partial charge on any atom is -0.504 e. The highest BCUT2D eigenvalue weighted by molar-refractivity contribution is 5.56. The van der Waals surface area contributed by atoms with Gasteiger partial charge >= 0.3 is 0 Å². The van der Waals surface area contributed by atoms with Gasteiger partial charge in [-0.3, -0.25) is 0 Å². The molecular formula is C15H13FN2O2. The van der Waals surface area contributed by atoms with Crippen molar-refractivity contribution < 1.29 is 14.6 Å². The van der Waals surface area contributed by atoms with E-state index in [9.17, 15) is 14.6 Å². The van der Waals surface area contributed by atoms with Crippen molar-refractivity contribution in [2.45, 2.75) is 13.5 Å². The summed E-state index contributed by atoms with van der Waals surface area (Å²) in [6, 6.07) is 9.09. The number of nitrogens with one attached hydrogen (secondary N) is 1. The average molecular weight is 272 g/mol. The molecule has 0 fully saturated rings. The largest absolute Gasteiger partial charge is 0.504 e. The molecule has 5 heteroatoms. The molecular weight excluding hydrogens is 259 g/mol. The van der Waals surface area contributed by atoms with Gasteiger partial charge in [0, 0.05) is 17.8 Å². The van der Waals surface area contributed by atoms with Crippen LogP contribution in [0.25, 0.3) is 0 Å². The molecule has 0 atom stereocenters. The van der Waals surface area contributed by atoms with Gasteiger partial charge in [0.25, 0.3) is 0 Å². The summed E-state index contributed by atoms with van der Waals surface area (Å²) < 4.78 is 13.6. The van der Waals surface area contributed by atoms with E-state index >= 15 is 0 Å². The van der Waals surface area contributed by atoms with Crippen LogP contribution in [0.4, 0.5) is 10.1 Å². The minimum absolute atomic E-state index is 0.192. The summed E-state index contributed by atoms with van der Waals surface area (Å²) in [4.78, 5) is 0. The number of anilines is 1. The summed E-state index contributed by atoms with van der Waals surface area (Å²) in [6.07, 6.45) is 0. The lowest BCUT2D eigenvalue weighted by Gasteiger charge is -2.11. The van der Waals surface area contributed by atoms with Crippen LogP contribution in [0.2, 0.25) is 0 Å². The van der Waals surface area contributed by atoms with E-state index in [-0.39, 0.29) is 17.1 Å². The van der Waals surface area contributed by atoms with E-state index in [1.54, 1.807) is 19.1 Å². The highest BCUT2D eigenvalue weighted by Gasteiger charge is 2.07. The summed E-state index contributed by atoms with van der Waals surface area (Å²) in [5.74, 6) is -0.847. The first-order valence-electron chi connectivity index (χ1n) is 5.96. The highest BCUT2D eigenvalue weighted by Crippen LogP contribution is 2.26. The molecule has 2 aromatic carbocycles. The van der Waals surface area contributed by atoms with Crippen LogP contribution in [0.15, 0.2) is 30.3 Å². The number of hydrogen-bond donors (Lipinski definition) is 3. The average Bonchev–Trinajstić information content (AvgIpc) is 2.44. The van der Waals surface area contributed by atoms with Crippen molar-refractivity contribution in [3.8, 4) is 17.6 Å². The molecule has 0 aliphatic rings. The first-order valence-corrected chi connectivity index (χ1v) is 5.96. The molecule has 4 nitrogen and oxygen atoms in total. The third kappa shape index (κ3) is 2.81. The number of rotatable bonds is 3. The molecule has 0 amide bonds. The molecule has 2 rings (SSSR count). The Morgan fingerprint density at radius 3 is 2.60 bits per heavy atom. The first kappa shape index (κ1) is 13.7. The molecule has 20 heavy (non-hydrogen) atoms. The molecule has 0 aromatic heterocycles. The van der Waals surface area contributed by atoms with Gasteiger partial charge in [-0.05, 0) is 36.8 Å². The fourth-order valence-electron chi connectivity index (χ4n) is 1.80. The van der Waals surface area contributed by atoms with Gasteiger partial charge in [-0.15, -0.1) is 0 Å². The van der Waals surface area contributed by atoms with Gasteiger partial charge in [-0.2, -0.15) is 5.26 Å². The van der Waals surface area contributed by atoms with Crippen molar-refractivity contribution in [3.63, 3.8) is 0 Å². The monoisotopic (exact) mass is 272 g/mol. The summed E-state index contributed by atoms with van der Waals surface area (Å²) >= 11 is 0. The van der Waals surface area contributed by atoms with Crippen LogP contribution in [0.5, 0.6) is 11.5 Å². The summed E-state index contributed by atoms with van der Waals surface area (Å²) in [5.41, 5.74) is 1.91. The van der Waals surface area contributed by atoms with E-state index in [1.165, 1.54) is 18.2 Å². The zero-order chi connectivity index (χ0) is 14.7. The molecule has 0 saturated heterocycles. The van der Waals surface area contributed by atoms with Crippen LogP contribution < -0.4 is 5.32 Å². The molecule has 0 unspecified atom stereocenters.